The van der Waals surface area contributed by atoms with Gasteiger partial charge in [-0.05, 0) is 0 Å². The highest BCUT2D eigenvalue weighted by Crippen LogP contribution is 2.18. The normalized spacial score (nSPS) is 27.2. The first-order chi connectivity index (χ1) is 6.69. The van der Waals surface area contributed by atoms with Crippen molar-refractivity contribution in [3.05, 3.63) is 0 Å². The van der Waals surface area contributed by atoms with Gasteiger partial charge in [-0.3, -0.25) is 9.69 Å². The number of aliphatic hydroxyl groups is 1. The molecule has 2 unspecified atom stereocenters. The zero-order valence-corrected chi connectivity index (χ0v) is 8.14. The van der Waals surface area contributed by atoms with Crippen LogP contribution in [0.1, 0.15) is 12.8 Å². The summed E-state index contributed by atoms with van der Waals surface area (Å²) in [5, 5.41) is 17.8. The maximum absolute atomic E-state index is 11.3. The van der Waals surface area contributed by atoms with Crippen LogP contribution in [0.3, 0.4) is 0 Å². The molecule has 0 spiro atoms. The first kappa shape index (κ1) is 11.0. The minimum absolute atomic E-state index is 0.334. The van der Waals surface area contributed by atoms with Gasteiger partial charge in [0.15, 0.2) is 0 Å². The molecule has 0 aromatic rings. The van der Waals surface area contributed by atoms with Gasteiger partial charge in [0.2, 0.25) is 0 Å². The number of nitriles is 1. The molecule has 1 aliphatic heterocycles. The maximum Gasteiger partial charge on any atom is 0.323 e. The number of carbonyl (C=O) groups is 1. The lowest BCUT2D eigenvalue weighted by molar-refractivity contribution is -0.145. The second kappa shape index (κ2) is 4.94. The lowest BCUT2D eigenvalue weighted by Gasteiger charge is -2.20. The number of nitrogens with zero attached hydrogens (tertiary/aromatic N) is 2. The smallest absolute Gasteiger partial charge is 0.323 e. The molecule has 1 saturated heterocycles. The molecule has 5 heteroatoms. The minimum Gasteiger partial charge on any atom is -0.468 e. The van der Waals surface area contributed by atoms with Gasteiger partial charge in [0.05, 0.1) is 19.3 Å². The van der Waals surface area contributed by atoms with Crippen LogP contribution in [0.25, 0.3) is 0 Å². The molecule has 0 aromatic heterocycles. The molecule has 0 amide bonds. The lowest BCUT2D eigenvalue weighted by atomic mass is 10.2. The topological polar surface area (TPSA) is 73.6 Å². The molecule has 1 aliphatic rings. The third-order valence-electron chi connectivity index (χ3n) is 2.37. The summed E-state index contributed by atoms with van der Waals surface area (Å²) in [7, 11) is 1.33. The highest BCUT2D eigenvalue weighted by Gasteiger charge is 2.36. The van der Waals surface area contributed by atoms with Gasteiger partial charge in [-0.1, -0.05) is 0 Å². The van der Waals surface area contributed by atoms with E-state index in [1.54, 1.807) is 4.90 Å². The van der Waals surface area contributed by atoms with E-state index in [1.165, 1.54) is 7.11 Å². The molecule has 1 heterocycles. The molecule has 5 nitrogen and oxygen atoms in total. The highest BCUT2D eigenvalue weighted by atomic mass is 16.5. The maximum atomic E-state index is 11.3. The summed E-state index contributed by atoms with van der Waals surface area (Å²) in [6.07, 6.45) is 0.274. The zero-order chi connectivity index (χ0) is 10.6. The van der Waals surface area contributed by atoms with E-state index in [2.05, 4.69) is 4.74 Å². The van der Waals surface area contributed by atoms with Crippen LogP contribution in [-0.4, -0.2) is 48.3 Å². The Morgan fingerprint density at radius 1 is 1.79 bits per heavy atom. The molecule has 1 fully saturated rings. The van der Waals surface area contributed by atoms with Crippen molar-refractivity contribution in [1.29, 1.82) is 5.26 Å². The Morgan fingerprint density at radius 2 is 2.50 bits per heavy atom. The van der Waals surface area contributed by atoms with Gasteiger partial charge < -0.3 is 9.84 Å². The number of ether oxygens (including phenoxy) is 1. The fourth-order valence-electron chi connectivity index (χ4n) is 1.70. The average Bonchev–Trinajstić information content (AvgIpc) is 2.55. The van der Waals surface area contributed by atoms with Gasteiger partial charge in [0.25, 0.3) is 0 Å². The zero-order valence-electron chi connectivity index (χ0n) is 8.14. The minimum atomic E-state index is -0.488. The standard InChI is InChI=1S/C9H14N2O3/c1-14-9(13)8-5-7(12)6-11(8)4-2-3-10/h7-8,12H,2,4-6H2,1H3. The van der Waals surface area contributed by atoms with Crippen molar-refractivity contribution in [2.75, 3.05) is 20.2 Å². The molecular formula is C9H14N2O3. The molecule has 1 rings (SSSR count). The Kier molecular flexibility index (Phi) is 3.86. The number of carbonyl (C=O) groups excluding carboxylic acids is 1. The van der Waals surface area contributed by atoms with Gasteiger partial charge in [-0.2, -0.15) is 5.26 Å². The summed E-state index contributed by atoms with van der Waals surface area (Å²) in [4.78, 5) is 13.1. The van der Waals surface area contributed by atoms with E-state index in [1.807, 2.05) is 6.07 Å². The van der Waals surface area contributed by atoms with E-state index >= 15 is 0 Å². The van der Waals surface area contributed by atoms with Crippen LogP contribution in [-0.2, 0) is 9.53 Å². The number of rotatable bonds is 3. The number of likely N-dealkylation sites (tertiary alicyclic amines) is 1. The van der Waals surface area contributed by atoms with Crippen LogP contribution in [0, 0.1) is 11.3 Å². The van der Waals surface area contributed by atoms with E-state index < -0.39 is 6.10 Å². The highest BCUT2D eigenvalue weighted by molar-refractivity contribution is 5.76. The van der Waals surface area contributed by atoms with Crippen LogP contribution in [0.4, 0.5) is 0 Å². The molecular weight excluding hydrogens is 184 g/mol. The van der Waals surface area contributed by atoms with Gasteiger partial charge >= 0.3 is 5.97 Å². The summed E-state index contributed by atoms with van der Waals surface area (Å²) in [5.41, 5.74) is 0. The molecule has 1 N–H and O–H groups in total. The molecule has 0 aromatic carbocycles. The Hall–Kier alpha value is -1.12. The van der Waals surface area contributed by atoms with E-state index in [-0.39, 0.29) is 12.0 Å². The first-order valence-electron chi connectivity index (χ1n) is 4.56. The summed E-state index contributed by atoms with van der Waals surface area (Å²) >= 11 is 0. The number of β-amino-alcohol motifs (C(OH)–C–C–N with tert-alkyl or cyclic N) is 1. The van der Waals surface area contributed by atoms with Gasteiger partial charge in [0.1, 0.15) is 6.04 Å². The summed E-state index contributed by atoms with van der Waals surface area (Å²) in [6.45, 7) is 0.953. The lowest BCUT2D eigenvalue weighted by Crippen LogP contribution is -2.37. The van der Waals surface area contributed by atoms with E-state index in [4.69, 9.17) is 5.26 Å². The quantitative estimate of drug-likeness (QED) is 0.619. The average molecular weight is 198 g/mol. The third-order valence-corrected chi connectivity index (χ3v) is 2.37. The molecule has 0 radical (unpaired) electrons. The van der Waals surface area contributed by atoms with E-state index in [0.29, 0.717) is 25.9 Å². The van der Waals surface area contributed by atoms with Crippen LogP contribution in [0.15, 0.2) is 0 Å². The number of hydrogen-bond donors (Lipinski definition) is 1. The van der Waals surface area contributed by atoms with Crippen LogP contribution < -0.4 is 0 Å². The molecule has 0 bridgehead atoms. The van der Waals surface area contributed by atoms with Crippen molar-refractivity contribution >= 4 is 5.97 Å². The second-order valence-electron chi connectivity index (χ2n) is 3.33. The van der Waals surface area contributed by atoms with Crippen LogP contribution in [0.2, 0.25) is 0 Å². The Morgan fingerprint density at radius 3 is 3.07 bits per heavy atom. The van der Waals surface area contributed by atoms with Gasteiger partial charge in [0, 0.05) is 25.9 Å². The van der Waals surface area contributed by atoms with Crippen LogP contribution in [0.5, 0.6) is 0 Å². The third kappa shape index (κ3) is 2.44. The van der Waals surface area contributed by atoms with E-state index in [9.17, 15) is 9.90 Å². The van der Waals surface area contributed by atoms with E-state index in [0.717, 1.165) is 0 Å². The predicted molar refractivity (Wildman–Crippen MR) is 48.2 cm³/mol. The van der Waals surface area contributed by atoms with Crippen molar-refractivity contribution in [2.45, 2.75) is 25.0 Å². The van der Waals surface area contributed by atoms with Crippen molar-refractivity contribution in [3.8, 4) is 6.07 Å². The van der Waals surface area contributed by atoms with Gasteiger partial charge in [-0.15, -0.1) is 0 Å². The fraction of sp³-hybridized carbons (Fsp3) is 0.778. The predicted octanol–water partition coefficient (Wildman–Crippen LogP) is -0.492. The van der Waals surface area contributed by atoms with Crippen LogP contribution >= 0.6 is 0 Å². The largest absolute Gasteiger partial charge is 0.468 e. The Balaban J connectivity index is 2.54. The Bertz CT molecular complexity index is 249. The first-order valence-corrected chi connectivity index (χ1v) is 4.56. The second-order valence-corrected chi connectivity index (χ2v) is 3.33. The molecule has 2 atom stereocenters. The SMILES string of the molecule is COC(=O)C1CC(O)CN1CCC#N. The molecule has 0 saturated carbocycles. The monoisotopic (exact) mass is 198 g/mol. The fourth-order valence-corrected chi connectivity index (χ4v) is 1.70. The number of hydrogen-bond acceptors (Lipinski definition) is 5. The number of methoxy groups -OCH3 is 1. The van der Waals surface area contributed by atoms with Gasteiger partial charge in [-0.25, -0.2) is 0 Å². The molecule has 0 aliphatic carbocycles. The molecule has 78 valence electrons. The summed E-state index contributed by atoms with van der Waals surface area (Å²) in [5.74, 6) is -0.334. The van der Waals surface area contributed by atoms with Crippen molar-refractivity contribution in [1.82, 2.24) is 4.90 Å². The number of esters is 1. The Labute approximate surface area is 82.9 Å². The summed E-state index contributed by atoms with van der Waals surface area (Å²) < 4.78 is 4.62. The van der Waals surface area contributed by atoms with Crippen molar-refractivity contribution < 1.29 is 14.6 Å². The van der Waals surface area contributed by atoms with Crippen molar-refractivity contribution in [3.63, 3.8) is 0 Å². The molecule has 14 heavy (non-hydrogen) atoms. The number of aliphatic hydroxyl groups excluding tert-OH is 1. The van der Waals surface area contributed by atoms with Crippen molar-refractivity contribution in [2.24, 2.45) is 0 Å². The summed E-state index contributed by atoms with van der Waals surface area (Å²) in [6, 6.07) is 1.63.